The summed E-state index contributed by atoms with van der Waals surface area (Å²) in [4.78, 5) is 1.94. The maximum Gasteiger partial charge on any atom is 0.125 e. The van der Waals surface area contributed by atoms with Crippen LogP contribution in [0.4, 0.5) is 10.1 Å². The van der Waals surface area contributed by atoms with Crippen molar-refractivity contribution < 1.29 is 14.2 Å². The number of halogens is 1. The van der Waals surface area contributed by atoms with E-state index >= 15 is 0 Å². The second-order valence-corrected chi connectivity index (χ2v) is 3.70. The number of ether oxygens (including phenoxy) is 1. The first-order chi connectivity index (χ1) is 8.21. The molecule has 1 aromatic carbocycles. The Morgan fingerprint density at radius 3 is 2.82 bits per heavy atom. The van der Waals surface area contributed by atoms with E-state index in [1.165, 1.54) is 12.1 Å². The van der Waals surface area contributed by atoms with E-state index < -0.39 is 0 Å². The summed E-state index contributed by atoms with van der Waals surface area (Å²) < 4.78 is 18.4. The van der Waals surface area contributed by atoms with Crippen molar-refractivity contribution in [3.63, 3.8) is 0 Å². The van der Waals surface area contributed by atoms with Crippen molar-refractivity contribution in [3.05, 3.63) is 42.2 Å². The minimum absolute atomic E-state index is 0.170. The summed E-state index contributed by atoms with van der Waals surface area (Å²) in [5.74, 6) is -0.349. The van der Waals surface area contributed by atoms with Gasteiger partial charge in [0.1, 0.15) is 5.82 Å². The van der Waals surface area contributed by atoms with Crippen LogP contribution in [0.2, 0.25) is 0 Å². The lowest BCUT2D eigenvalue weighted by molar-refractivity contribution is 0.205. The van der Waals surface area contributed by atoms with Crippen molar-refractivity contribution >= 4 is 5.69 Å². The molecule has 0 bridgehead atoms. The van der Waals surface area contributed by atoms with Gasteiger partial charge in [-0.15, -0.1) is 6.58 Å². The highest BCUT2D eigenvalue weighted by Crippen LogP contribution is 2.18. The van der Waals surface area contributed by atoms with E-state index in [0.29, 0.717) is 25.3 Å². The second-order valence-electron chi connectivity index (χ2n) is 3.70. The van der Waals surface area contributed by atoms with Gasteiger partial charge in [0.15, 0.2) is 0 Å². The molecule has 1 rings (SSSR count). The van der Waals surface area contributed by atoms with Crippen LogP contribution in [0.1, 0.15) is 5.56 Å². The number of aliphatic hydroxyl groups excluding tert-OH is 1. The highest BCUT2D eigenvalue weighted by atomic mass is 19.1. The molecule has 0 spiro atoms. The van der Waals surface area contributed by atoms with E-state index in [1.54, 1.807) is 19.3 Å². The van der Waals surface area contributed by atoms with Gasteiger partial charge in [-0.25, -0.2) is 4.39 Å². The van der Waals surface area contributed by atoms with E-state index in [2.05, 4.69) is 6.58 Å². The van der Waals surface area contributed by atoms with Gasteiger partial charge < -0.3 is 14.7 Å². The highest BCUT2D eigenvalue weighted by molar-refractivity contribution is 5.49. The molecular formula is C13H18FNO2. The third-order valence-corrected chi connectivity index (χ3v) is 2.40. The molecule has 17 heavy (non-hydrogen) atoms. The van der Waals surface area contributed by atoms with Crippen molar-refractivity contribution in [2.45, 2.75) is 6.61 Å². The van der Waals surface area contributed by atoms with Crippen LogP contribution in [0.3, 0.4) is 0 Å². The summed E-state index contributed by atoms with van der Waals surface area (Å²) in [6.07, 6.45) is 1.75. The summed E-state index contributed by atoms with van der Waals surface area (Å²) in [7, 11) is 1.62. The third kappa shape index (κ3) is 4.17. The topological polar surface area (TPSA) is 32.7 Å². The Kier molecular flexibility index (Phi) is 5.66. The van der Waals surface area contributed by atoms with Gasteiger partial charge >= 0.3 is 0 Å². The van der Waals surface area contributed by atoms with Crippen LogP contribution >= 0.6 is 0 Å². The summed E-state index contributed by atoms with van der Waals surface area (Å²) in [5, 5.41) is 9.04. The molecule has 0 aliphatic rings. The highest BCUT2D eigenvalue weighted by Gasteiger charge is 2.07. The summed E-state index contributed by atoms with van der Waals surface area (Å²) in [6.45, 7) is 5.32. The van der Waals surface area contributed by atoms with Crippen LogP contribution < -0.4 is 4.90 Å². The minimum Gasteiger partial charge on any atom is -0.392 e. The van der Waals surface area contributed by atoms with Crippen LogP contribution in [-0.2, 0) is 11.3 Å². The lowest BCUT2D eigenvalue weighted by Crippen LogP contribution is -2.27. The number of aliphatic hydroxyl groups is 1. The van der Waals surface area contributed by atoms with E-state index in [4.69, 9.17) is 9.84 Å². The Bertz CT molecular complexity index is 368. The standard InChI is InChI=1S/C13H18FNO2/c1-3-4-15(5-6-17-2)13-8-11(10-16)7-12(14)9-13/h3,7-9,16H,1,4-6,10H2,2H3. The SMILES string of the molecule is C=CCN(CCOC)c1cc(F)cc(CO)c1. The monoisotopic (exact) mass is 239 g/mol. The Morgan fingerprint density at radius 2 is 2.24 bits per heavy atom. The first kappa shape index (κ1) is 13.7. The zero-order valence-corrected chi connectivity index (χ0v) is 10.0. The van der Waals surface area contributed by atoms with Gasteiger partial charge in [0.05, 0.1) is 13.2 Å². The molecule has 0 radical (unpaired) electrons. The maximum atomic E-state index is 13.3. The molecule has 0 amide bonds. The molecule has 3 nitrogen and oxygen atoms in total. The quantitative estimate of drug-likeness (QED) is 0.738. The third-order valence-electron chi connectivity index (χ3n) is 2.40. The number of anilines is 1. The largest absolute Gasteiger partial charge is 0.392 e. The first-order valence-corrected chi connectivity index (χ1v) is 5.46. The first-order valence-electron chi connectivity index (χ1n) is 5.46. The van der Waals surface area contributed by atoms with Crippen molar-refractivity contribution in [3.8, 4) is 0 Å². The van der Waals surface area contributed by atoms with Crippen molar-refractivity contribution in [1.29, 1.82) is 0 Å². The van der Waals surface area contributed by atoms with Crippen LogP contribution in [-0.4, -0.2) is 31.9 Å². The van der Waals surface area contributed by atoms with Crippen LogP contribution in [0.5, 0.6) is 0 Å². The van der Waals surface area contributed by atoms with Gasteiger partial charge in [-0.2, -0.15) is 0 Å². The molecule has 0 aliphatic heterocycles. The van der Waals surface area contributed by atoms with E-state index in [0.717, 1.165) is 5.69 Å². The zero-order valence-electron chi connectivity index (χ0n) is 10.0. The van der Waals surface area contributed by atoms with E-state index in [-0.39, 0.29) is 12.4 Å². The predicted molar refractivity (Wildman–Crippen MR) is 66.6 cm³/mol. The summed E-state index contributed by atoms with van der Waals surface area (Å²) in [6, 6.07) is 4.53. The lowest BCUT2D eigenvalue weighted by atomic mass is 10.2. The molecule has 0 aromatic heterocycles. The Balaban J connectivity index is 2.91. The van der Waals surface area contributed by atoms with Crippen molar-refractivity contribution in [2.24, 2.45) is 0 Å². The molecule has 0 saturated heterocycles. The molecule has 1 N–H and O–H groups in total. The summed E-state index contributed by atoms with van der Waals surface area (Å²) >= 11 is 0. The van der Waals surface area contributed by atoms with Gasteiger partial charge in [0.2, 0.25) is 0 Å². The molecule has 4 heteroatoms. The van der Waals surface area contributed by atoms with Crippen LogP contribution in [0.15, 0.2) is 30.9 Å². The van der Waals surface area contributed by atoms with E-state index in [1.807, 2.05) is 4.90 Å². The normalized spacial score (nSPS) is 10.3. The number of nitrogens with zero attached hydrogens (tertiary/aromatic N) is 1. The minimum atomic E-state index is -0.349. The van der Waals surface area contributed by atoms with Gasteiger partial charge in [-0.3, -0.25) is 0 Å². The fourth-order valence-electron chi connectivity index (χ4n) is 1.59. The molecule has 0 atom stereocenters. The van der Waals surface area contributed by atoms with Gasteiger partial charge in [-0.1, -0.05) is 6.08 Å². The Morgan fingerprint density at radius 1 is 1.47 bits per heavy atom. The molecule has 0 fully saturated rings. The molecule has 0 unspecified atom stereocenters. The fraction of sp³-hybridized carbons (Fsp3) is 0.385. The van der Waals surface area contributed by atoms with Crippen LogP contribution in [0, 0.1) is 5.82 Å². The number of rotatable bonds is 7. The van der Waals surface area contributed by atoms with E-state index in [9.17, 15) is 4.39 Å². The Hall–Kier alpha value is -1.39. The van der Waals surface area contributed by atoms with Gasteiger partial charge in [0, 0.05) is 25.9 Å². The number of hydrogen-bond acceptors (Lipinski definition) is 3. The van der Waals surface area contributed by atoms with Crippen LogP contribution in [0.25, 0.3) is 0 Å². The molecule has 0 saturated carbocycles. The molecule has 0 heterocycles. The number of hydrogen-bond donors (Lipinski definition) is 1. The maximum absolute atomic E-state index is 13.3. The molecule has 0 aliphatic carbocycles. The predicted octanol–water partition coefficient (Wildman–Crippen LogP) is 1.96. The van der Waals surface area contributed by atoms with Gasteiger partial charge in [0.25, 0.3) is 0 Å². The fourth-order valence-corrected chi connectivity index (χ4v) is 1.59. The lowest BCUT2D eigenvalue weighted by Gasteiger charge is -2.23. The average Bonchev–Trinajstić information content (AvgIpc) is 2.33. The summed E-state index contributed by atoms with van der Waals surface area (Å²) in [5.41, 5.74) is 1.29. The molecule has 1 aromatic rings. The van der Waals surface area contributed by atoms with Crippen molar-refractivity contribution in [1.82, 2.24) is 0 Å². The smallest absolute Gasteiger partial charge is 0.125 e. The van der Waals surface area contributed by atoms with Crippen molar-refractivity contribution in [2.75, 3.05) is 31.7 Å². The Labute approximate surface area is 101 Å². The molecular weight excluding hydrogens is 221 g/mol. The average molecular weight is 239 g/mol. The number of methoxy groups -OCH3 is 1. The second kappa shape index (κ2) is 7.04. The zero-order chi connectivity index (χ0) is 12.7. The van der Waals surface area contributed by atoms with Gasteiger partial charge in [-0.05, 0) is 23.8 Å². The number of benzene rings is 1. The molecule has 94 valence electrons.